The molecule has 1 rings (SSSR count). The number of allylic oxidation sites excluding steroid dienone is 4. The highest BCUT2D eigenvalue weighted by Gasteiger charge is 2.24. The Morgan fingerprint density at radius 3 is 2.57 bits per heavy atom. The van der Waals surface area contributed by atoms with Gasteiger partial charge in [0.2, 0.25) is 0 Å². The summed E-state index contributed by atoms with van der Waals surface area (Å²) < 4.78 is 4.84. The van der Waals surface area contributed by atoms with Crippen molar-refractivity contribution in [3.05, 3.63) is 47.7 Å². The first-order valence-electron chi connectivity index (χ1n) is 6.70. The van der Waals surface area contributed by atoms with Gasteiger partial charge < -0.3 is 10.5 Å². The van der Waals surface area contributed by atoms with Crippen molar-refractivity contribution in [1.29, 1.82) is 0 Å². The summed E-state index contributed by atoms with van der Waals surface area (Å²) in [6.07, 6.45) is 8.54. The molecule has 0 atom stereocenters. The average molecular weight is 304 g/mol. The molecule has 1 N–H and O–H groups in total. The van der Waals surface area contributed by atoms with Gasteiger partial charge in [0.15, 0.2) is 5.71 Å². The van der Waals surface area contributed by atoms with Crippen LogP contribution in [0.15, 0.2) is 40.6 Å². The van der Waals surface area contributed by atoms with Crippen molar-refractivity contribution >= 4 is 28.9 Å². The van der Waals surface area contributed by atoms with Crippen molar-refractivity contribution in [3.63, 3.8) is 0 Å². The van der Waals surface area contributed by atoms with E-state index in [9.17, 15) is 4.79 Å². The van der Waals surface area contributed by atoms with E-state index in [4.69, 9.17) is 22.7 Å². The van der Waals surface area contributed by atoms with Crippen molar-refractivity contribution in [3.8, 4) is 0 Å². The van der Waals surface area contributed by atoms with Gasteiger partial charge in [-0.05, 0) is 27.7 Å². The molecule has 4 nitrogen and oxygen atoms in total. The fraction of sp³-hybridized carbons (Fsp3) is 0.375. The highest BCUT2D eigenvalue weighted by atomic mass is 32.1. The van der Waals surface area contributed by atoms with Gasteiger partial charge in [-0.25, -0.2) is 9.79 Å². The van der Waals surface area contributed by atoms with Crippen LogP contribution >= 0.6 is 12.2 Å². The molecule has 0 radical (unpaired) electrons. The lowest BCUT2D eigenvalue weighted by molar-refractivity contribution is -0.137. The van der Waals surface area contributed by atoms with Crippen molar-refractivity contribution in [2.45, 2.75) is 27.7 Å². The molecule has 0 aromatic rings. The number of carbonyl (C=O) groups is 1. The number of ether oxygens (including phenoxy) is 1. The number of hydrogen-bond donors (Lipinski definition) is 0. The van der Waals surface area contributed by atoms with E-state index >= 15 is 0 Å². The second kappa shape index (κ2) is 7.22. The summed E-state index contributed by atoms with van der Waals surface area (Å²) >= 11 is 5.10. The van der Waals surface area contributed by atoms with Crippen LogP contribution in [0, 0.1) is 11.8 Å². The summed E-state index contributed by atoms with van der Waals surface area (Å²) in [5.74, 6) is -0.618. The third-order valence-corrected chi connectivity index (χ3v) is 3.15. The number of thiocarbonyl (C=S) groups is 1. The van der Waals surface area contributed by atoms with Crippen LogP contribution in [0.5, 0.6) is 0 Å². The van der Waals surface area contributed by atoms with Crippen LogP contribution < -0.4 is 0 Å². The summed E-state index contributed by atoms with van der Waals surface area (Å²) in [5.41, 5.74) is 9.17. The molecule has 0 saturated carbocycles. The van der Waals surface area contributed by atoms with Crippen LogP contribution in [0.2, 0.25) is 0 Å². The van der Waals surface area contributed by atoms with Crippen LogP contribution in [0.3, 0.4) is 0 Å². The standard InChI is InChI=1S/C16H20N2O2S/c1-5-20-15(19)13(10-17)14(21)18-12-8-6-11(7-9-12)16(2,3)4/h6-10H,5H2,1-4H3,(H-,17,19,21). The smallest absolute Gasteiger partial charge is 0.339 e. The Labute approximate surface area is 131 Å². The van der Waals surface area contributed by atoms with E-state index in [1.165, 1.54) is 5.57 Å². The lowest BCUT2D eigenvalue weighted by atomic mass is 9.83. The number of carbonyl (C=O) groups excluding carboxylic acids is 1. The first-order chi connectivity index (χ1) is 9.79. The maximum Gasteiger partial charge on any atom is 0.339 e. The zero-order valence-electron chi connectivity index (χ0n) is 12.8. The number of esters is 1. The van der Waals surface area contributed by atoms with Crippen LogP contribution in [0.4, 0.5) is 0 Å². The molecule has 112 valence electrons. The first-order valence-corrected chi connectivity index (χ1v) is 7.11. The second-order valence-corrected chi connectivity index (χ2v) is 5.88. The Kier molecular flexibility index (Phi) is 5.90. The summed E-state index contributed by atoms with van der Waals surface area (Å²) in [4.78, 5) is 15.9. The van der Waals surface area contributed by atoms with Crippen LogP contribution in [-0.2, 0) is 9.53 Å². The third kappa shape index (κ3) is 4.86. The minimum absolute atomic E-state index is 0.00764. The molecule has 0 aromatic carbocycles. The Hall–Kier alpha value is -1.88. The zero-order chi connectivity index (χ0) is 16.0. The van der Waals surface area contributed by atoms with Gasteiger partial charge in [-0.2, -0.15) is 6.20 Å². The molecule has 5 heteroatoms. The average Bonchev–Trinajstić information content (AvgIpc) is 2.39. The van der Waals surface area contributed by atoms with E-state index in [2.05, 4.69) is 25.8 Å². The molecule has 1 aliphatic rings. The molecule has 0 aromatic heterocycles. The normalized spacial score (nSPS) is 17.2. The Morgan fingerprint density at radius 1 is 1.48 bits per heavy atom. The Bertz CT molecular complexity index is 549. The highest BCUT2D eigenvalue weighted by molar-refractivity contribution is 7.81. The van der Waals surface area contributed by atoms with Crippen molar-refractivity contribution < 1.29 is 9.53 Å². The van der Waals surface area contributed by atoms with Gasteiger partial charge in [-0.1, -0.05) is 12.2 Å². The molecular weight excluding hydrogens is 284 g/mol. The summed E-state index contributed by atoms with van der Waals surface area (Å²) in [6, 6.07) is 0. The predicted octanol–water partition coefficient (Wildman–Crippen LogP) is 4.00. The van der Waals surface area contributed by atoms with Crippen molar-refractivity contribution in [2.75, 3.05) is 6.61 Å². The summed E-state index contributed by atoms with van der Waals surface area (Å²) in [6.45, 7) is 8.33. The quantitative estimate of drug-likeness (QED) is 0.342. The van der Waals surface area contributed by atoms with E-state index in [-0.39, 0.29) is 22.6 Å². The maximum atomic E-state index is 11.6. The summed E-state index contributed by atoms with van der Waals surface area (Å²) in [5, 5.41) is 0. The number of nitrogens with zero attached hydrogens (tertiary/aromatic N) is 1. The lowest BCUT2D eigenvalue weighted by Gasteiger charge is -2.16. The fourth-order valence-electron chi connectivity index (χ4n) is 1.63. The maximum absolute atomic E-state index is 11.6. The molecule has 21 heavy (non-hydrogen) atoms. The van der Waals surface area contributed by atoms with Gasteiger partial charge in [0.05, 0.1) is 42.4 Å². The van der Waals surface area contributed by atoms with Gasteiger partial charge in [-0.3, -0.25) is 0 Å². The molecular formula is C16H20N2O2S. The highest BCUT2D eigenvalue weighted by Crippen LogP contribution is 2.28. The molecule has 1 aliphatic carbocycles. The monoisotopic (exact) mass is 304 g/mol. The second-order valence-electron chi connectivity index (χ2n) is 5.49. The van der Waals surface area contributed by atoms with Gasteiger partial charge in [0.1, 0.15) is 4.99 Å². The van der Waals surface area contributed by atoms with Gasteiger partial charge >= 0.3 is 5.97 Å². The van der Waals surface area contributed by atoms with E-state index in [0.717, 1.165) is 6.20 Å². The van der Waals surface area contributed by atoms with Crippen LogP contribution in [-0.4, -0.2) is 23.3 Å². The predicted molar refractivity (Wildman–Crippen MR) is 90.0 cm³/mol. The minimum atomic E-state index is -0.618. The topological polar surface area (TPSA) is 62.5 Å². The lowest BCUT2D eigenvalue weighted by Crippen LogP contribution is -2.15. The van der Waals surface area contributed by atoms with E-state index in [0.29, 0.717) is 5.71 Å². The molecule has 0 unspecified atom stereocenters. The van der Waals surface area contributed by atoms with Crippen molar-refractivity contribution in [1.82, 2.24) is 0 Å². The Balaban J connectivity index is 2.83. The van der Waals surface area contributed by atoms with E-state index in [1.54, 1.807) is 6.92 Å². The first kappa shape index (κ1) is 17.2. The van der Waals surface area contributed by atoms with E-state index < -0.39 is 5.97 Å². The van der Waals surface area contributed by atoms with E-state index in [1.807, 2.05) is 24.6 Å². The van der Waals surface area contributed by atoms with Gasteiger partial charge in [-0.15, -0.1) is 0 Å². The van der Waals surface area contributed by atoms with Crippen LogP contribution in [0.25, 0.3) is 5.73 Å². The number of hydrogen-bond acceptors (Lipinski definition) is 3. The van der Waals surface area contributed by atoms with Gasteiger partial charge in [0, 0.05) is 5.41 Å². The molecule has 0 bridgehead atoms. The largest absolute Gasteiger partial charge is 0.704 e. The number of aliphatic imine (C=N–C) groups is 1. The Morgan fingerprint density at radius 2 is 2.14 bits per heavy atom. The fourth-order valence-corrected chi connectivity index (χ4v) is 1.88. The number of nitrogens with one attached hydrogen (secondary N) is 1. The molecule has 0 spiro atoms. The zero-order valence-corrected chi connectivity index (χ0v) is 13.6. The number of rotatable bonds is 3. The minimum Gasteiger partial charge on any atom is -0.704 e. The molecule has 0 amide bonds. The van der Waals surface area contributed by atoms with Crippen LogP contribution in [0.1, 0.15) is 27.7 Å². The third-order valence-electron chi connectivity index (χ3n) is 2.83. The SMILES string of the molecule is CCOC(=O)C(=C[NH-])C(=S)N=C1C=CC(C(C)(C)C)=C[CH+]1. The molecule has 0 heterocycles. The van der Waals surface area contributed by atoms with Crippen molar-refractivity contribution in [2.24, 2.45) is 10.4 Å². The molecule has 0 saturated heterocycles. The molecule has 0 aliphatic heterocycles. The summed E-state index contributed by atoms with van der Waals surface area (Å²) in [7, 11) is 0. The molecule has 0 fully saturated rings. The van der Waals surface area contributed by atoms with Gasteiger partial charge in [0.25, 0.3) is 0 Å².